The van der Waals surface area contributed by atoms with Gasteiger partial charge in [0.1, 0.15) is 0 Å². The Morgan fingerprint density at radius 2 is 1.89 bits per heavy atom. The van der Waals surface area contributed by atoms with E-state index in [1.807, 2.05) is 31.5 Å². The number of hydrogen-bond acceptors (Lipinski definition) is 4. The van der Waals surface area contributed by atoms with Crippen molar-refractivity contribution in [2.75, 3.05) is 6.54 Å². The number of Topliss-reactive ketones (excluding diaryl/α,β-unsaturated/α-hetero) is 1. The highest BCUT2D eigenvalue weighted by atomic mass is 32.1. The van der Waals surface area contributed by atoms with Crippen LogP contribution in [0.3, 0.4) is 0 Å². The van der Waals surface area contributed by atoms with Crippen molar-refractivity contribution < 1.29 is 14.3 Å². The van der Waals surface area contributed by atoms with Gasteiger partial charge in [-0.25, -0.2) is 0 Å². The second-order valence-corrected chi connectivity index (χ2v) is 7.69. The highest BCUT2D eigenvalue weighted by Crippen LogP contribution is 2.21. The number of carbonyl (C=O) groups is 1. The van der Waals surface area contributed by atoms with Gasteiger partial charge in [-0.3, -0.25) is 14.9 Å². The molecule has 27 heavy (non-hydrogen) atoms. The highest BCUT2D eigenvalue weighted by molar-refractivity contribution is 7.80. The van der Waals surface area contributed by atoms with Crippen molar-refractivity contribution >= 4 is 28.7 Å². The molecule has 7 heteroatoms. The molecule has 142 valence electrons. The summed E-state index contributed by atoms with van der Waals surface area (Å²) in [6.45, 7) is 8.82. The van der Waals surface area contributed by atoms with Gasteiger partial charge in [0.2, 0.25) is 5.78 Å². The molecule has 2 rings (SSSR count). The lowest BCUT2D eigenvalue weighted by Gasteiger charge is -2.19. The number of benzene rings is 1. The smallest absolute Gasteiger partial charge is 0.270 e. The molecule has 0 fully saturated rings. The summed E-state index contributed by atoms with van der Waals surface area (Å²) in [6.07, 6.45) is 3.65. The van der Waals surface area contributed by atoms with Gasteiger partial charge < -0.3 is 5.32 Å². The summed E-state index contributed by atoms with van der Waals surface area (Å²) in [5.74, 6) is -0.293. The maximum atomic E-state index is 13.1. The molecule has 1 aromatic heterocycles. The number of nitrogens with one attached hydrogen (secondary N) is 1. The summed E-state index contributed by atoms with van der Waals surface area (Å²) in [6, 6.07) is 8.88. The maximum absolute atomic E-state index is 13.1. The average Bonchev–Trinajstić information content (AvgIpc) is 2.62. The lowest BCUT2D eigenvalue weighted by molar-refractivity contribution is -0.692. The number of thiocarbonyl (C=S) groups is 1. The molecule has 0 amide bonds. The molecule has 0 bridgehead atoms. The number of nitrogens with zero attached hydrogens (tertiary/aromatic N) is 2. The van der Waals surface area contributed by atoms with Crippen molar-refractivity contribution in [3.63, 3.8) is 0 Å². The normalized spacial score (nSPS) is 12.3. The second kappa shape index (κ2) is 8.35. The number of pyridine rings is 1. The van der Waals surface area contributed by atoms with Crippen LogP contribution in [0.25, 0.3) is 0 Å². The van der Waals surface area contributed by atoms with Crippen LogP contribution in [0.2, 0.25) is 0 Å². The van der Waals surface area contributed by atoms with Crippen LogP contribution >= 0.6 is 12.2 Å². The standard InChI is InChI=1S/C20H23N3O3S/c1-5-21-19(27)17(22-11-9-15(10-12-22)20(2,3)4)18(24)14-7-6-8-16(13-14)23(25)26/h6-13,17H,5H2,1-4H3/p+1. The number of nitro groups is 1. The molecule has 0 aliphatic rings. The van der Waals surface area contributed by atoms with Crippen LogP contribution in [0.4, 0.5) is 5.69 Å². The molecule has 0 aliphatic heterocycles. The van der Waals surface area contributed by atoms with Gasteiger partial charge in [-0.2, -0.15) is 4.57 Å². The second-order valence-electron chi connectivity index (χ2n) is 7.25. The molecule has 6 nitrogen and oxygen atoms in total. The zero-order valence-corrected chi connectivity index (χ0v) is 16.7. The molecule has 1 heterocycles. The number of rotatable bonds is 6. The SMILES string of the molecule is CCNC(=S)C(C(=O)c1cccc([N+](=O)[O-])c1)[n+]1ccc(C(C)(C)C)cc1. The summed E-state index contributed by atoms with van der Waals surface area (Å²) >= 11 is 5.44. The minimum absolute atomic E-state index is 0.0131. The van der Waals surface area contributed by atoms with E-state index in [1.165, 1.54) is 18.2 Å². The molecule has 1 atom stereocenters. The minimum atomic E-state index is -0.768. The predicted octanol–water partition coefficient (Wildman–Crippen LogP) is 3.54. The van der Waals surface area contributed by atoms with E-state index in [2.05, 4.69) is 26.1 Å². The first kappa shape index (κ1) is 20.6. The number of ketones is 1. The Morgan fingerprint density at radius 3 is 2.41 bits per heavy atom. The topological polar surface area (TPSA) is 76.1 Å². The largest absolute Gasteiger partial charge is 0.374 e. The molecular weight excluding hydrogens is 362 g/mol. The zero-order chi connectivity index (χ0) is 20.2. The predicted molar refractivity (Wildman–Crippen MR) is 108 cm³/mol. The Morgan fingerprint density at radius 1 is 1.26 bits per heavy atom. The number of hydrogen-bond donors (Lipinski definition) is 1. The van der Waals surface area contributed by atoms with Gasteiger partial charge in [-0.1, -0.05) is 45.1 Å². The van der Waals surface area contributed by atoms with Crippen molar-refractivity contribution in [2.24, 2.45) is 0 Å². The van der Waals surface area contributed by atoms with E-state index in [0.717, 1.165) is 5.56 Å². The van der Waals surface area contributed by atoms with E-state index >= 15 is 0 Å². The number of carbonyl (C=O) groups excluding carboxylic acids is 1. The Bertz CT molecular complexity index is 858. The molecule has 0 saturated heterocycles. The van der Waals surface area contributed by atoms with Gasteiger partial charge in [0, 0.05) is 36.4 Å². The summed E-state index contributed by atoms with van der Waals surface area (Å²) in [5, 5.41) is 14.1. The maximum Gasteiger partial charge on any atom is 0.270 e. The molecule has 1 aromatic carbocycles. The van der Waals surface area contributed by atoms with Crippen LogP contribution in [0.5, 0.6) is 0 Å². The van der Waals surface area contributed by atoms with E-state index in [9.17, 15) is 14.9 Å². The van der Waals surface area contributed by atoms with Crippen molar-refractivity contribution in [2.45, 2.75) is 39.2 Å². The third kappa shape index (κ3) is 4.95. The van der Waals surface area contributed by atoms with Crippen LogP contribution in [0, 0.1) is 10.1 Å². The fourth-order valence-electron chi connectivity index (χ4n) is 2.70. The minimum Gasteiger partial charge on any atom is -0.374 e. The van der Waals surface area contributed by atoms with Crippen LogP contribution < -0.4 is 9.88 Å². The van der Waals surface area contributed by atoms with Crippen molar-refractivity contribution in [1.29, 1.82) is 0 Å². The first-order chi connectivity index (χ1) is 12.6. The van der Waals surface area contributed by atoms with Crippen LogP contribution in [-0.4, -0.2) is 22.2 Å². The zero-order valence-electron chi connectivity index (χ0n) is 15.9. The number of aromatic nitrogens is 1. The van der Waals surface area contributed by atoms with E-state index in [-0.39, 0.29) is 22.4 Å². The summed E-state index contributed by atoms with van der Waals surface area (Å²) in [5.41, 5.74) is 1.25. The van der Waals surface area contributed by atoms with Gasteiger partial charge in [0.25, 0.3) is 11.7 Å². The van der Waals surface area contributed by atoms with Gasteiger partial charge in [-0.15, -0.1) is 0 Å². The monoisotopic (exact) mass is 386 g/mol. The molecule has 0 saturated carbocycles. The molecule has 1 unspecified atom stereocenters. The van der Waals surface area contributed by atoms with Crippen molar-refractivity contribution in [3.8, 4) is 0 Å². The number of non-ortho nitro benzene ring substituents is 1. The van der Waals surface area contributed by atoms with Gasteiger partial charge in [0.15, 0.2) is 17.4 Å². The quantitative estimate of drug-likeness (QED) is 0.270. The number of likely N-dealkylation sites (N-methyl/N-ethyl adjacent to an activating group) is 1. The first-order valence-electron chi connectivity index (χ1n) is 8.72. The third-order valence-corrected chi connectivity index (χ3v) is 4.57. The van der Waals surface area contributed by atoms with E-state index in [0.29, 0.717) is 11.5 Å². The Labute approximate surface area is 164 Å². The average molecular weight is 386 g/mol. The Hall–Kier alpha value is -2.67. The van der Waals surface area contributed by atoms with Gasteiger partial charge >= 0.3 is 0 Å². The van der Waals surface area contributed by atoms with Crippen molar-refractivity contribution in [1.82, 2.24) is 5.32 Å². The summed E-state index contributed by atoms with van der Waals surface area (Å²) in [4.78, 5) is 24.0. The highest BCUT2D eigenvalue weighted by Gasteiger charge is 2.34. The van der Waals surface area contributed by atoms with Crippen LogP contribution in [0.15, 0.2) is 48.8 Å². The van der Waals surface area contributed by atoms with Gasteiger partial charge in [-0.05, 0) is 17.9 Å². The first-order valence-corrected chi connectivity index (χ1v) is 9.13. The molecular formula is C20H24N3O3S+. The fraction of sp³-hybridized carbons (Fsp3) is 0.350. The fourth-order valence-corrected chi connectivity index (χ4v) is 3.07. The lowest BCUT2D eigenvalue weighted by atomic mass is 9.88. The molecule has 0 radical (unpaired) electrons. The number of nitro benzene ring substituents is 1. The summed E-state index contributed by atoms with van der Waals surface area (Å²) in [7, 11) is 0. The summed E-state index contributed by atoms with van der Waals surface area (Å²) < 4.78 is 1.74. The van der Waals surface area contributed by atoms with E-state index < -0.39 is 11.0 Å². The van der Waals surface area contributed by atoms with Crippen LogP contribution in [-0.2, 0) is 5.41 Å². The molecule has 0 aliphatic carbocycles. The third-order valence-electron chi connectivity index (χ3n) is 4.21. The molecule has 1 N–H and O–H groups in total. The lowest BCUT2D eigenvalue weighted by Crippen LogP contribution is -2.51. The Balaban J connectivity index is 2.46. The molecule has 2 aromatic rings. The van der Waals surface area contributed by atoms with Crippen LogP contribution in [0.1, 0.15) is 49.7 Å². The van der Waals surface area contributed by atoms with E-state index in [1.54, 1.807) is 10.6 Å². The van der Waals surface area contributed by atoms with Gasteiger partial charge in [0.05, 0.1) is 4.92 Å². The molecule has 0 spiro atoms. The van der Waals surface area contributed by atoms with E-state index in [4.69, 9.17) is 12.2 Å². The van der Waals surface area contributed by atoms with Crippen molar-refractivity contribution in [3.05, 3.63) is 70.0 Å². The Kier molecular flexibility index (Phi) is 6.38.